The van der Waals surface area contributed by atoms with Crippen LogP contribution in [0, 0.1) is 0 Å². The van der Waals surface area contributed by atoms with E-state index < -0.39 is 0 Å². The predicted octanol–water partition coefficient (Wildman–Crippen LogP) is 4.16. The highest BCUT2D eigenvalue weighted by Gasteiger charge is 1.99. The first-order chi connectivity index (χ1) is 7.09. The van der Waals surface area contributed by atoms with Crippen LogP contribution in [-0.4, -0.2) is 6.54 Å². The second kappa shape index (κ2) is 6.31. The number of allylic oxidation sites excluding steroid dienone is 1. The van der Waals surface area contributed by atoms with Crippen molar-refractivity contribution in [3.63, 3.8) is 0 Å². The van der Waals surface area contributed by atoms with Gasteiger partial charge in [0.1, 0.15) is 0 Å². The molecule has 15 heavy (non-hydrogen) atoms. The van der Waals surface area contributed by atoms with Gasteiger partial charge in [0.2, 0.25) is 0 Å². The van der Waals surface area contributed by atoms with E-state index in [1.165, 1.54) is 11.1 Å². The molecule has 0 radical (unpaired) electrons. The molecule has 3 heteroatoms. The highest BCUT2D eigenvalue weighted by atomic mass is 79.9. The molecule has 0 fully saturated rings. The van der Waals surface area contributed by atoms with Crippen molar-refractivity contribution < 1.29 is 0 Å². The molecule has 0 unspecified atom stereocenters. The summed E-state index contributed by atoms with van der Waals surface area (Å²) >= 11 is 9.42. The van der Waals surface area contributed by atoms with E-state index in [0.29, 0.717) is 0 Å². The fraction of sp³-hybridized carbons (Fsp3) is 0.333. The van der Waals surface area contributed by atoms with Crippen molar-refractivity contribution in [3.05, 3.63) is 44.9 Å². The zero-order valence-electron chi connectivity index (χ0n) is 8.98. The summed E-state index contributed by atoms with van der Waals surface area (Å²) in [5.41, 5.74) is 2.51. The smallest absolute Gasteiger partial charge is 0.0410 e. The van der Waals surface area contributed by atoms with Crippen molar-refractivity contribution in [2.75, 3.05) is 6.54 Å². The topological polar surface area (TPSA) is 12.0 Å². The molecule has 0 saturated heterocycles. The SMILES string of the molecule is CC(C)=CCNCc1cc(Cl)ccc1Br. The molecule has 1 N–H and O–H groups in total. The molecule has 0 saturated carbocycles. The average Bonchev–Trinajstić information content (AvgIpc) is 2.17. The van der Waals surface area contributed by atoms with Crippen LogP contribution in [0.3, 0.4) is 0 Å². The van der Waals surface area contributed by atoms with Crippen LogP contribution >= 0.6 is 27.5 Å². The van der Waals surface area contributed by atoms with Gasteiger partial charge in [0.05, 0.1) is 0 Å². The highest BCUT2D eigenvalue weighted by molar-refractivity contribution is 9.10. The van der Waals surface area contributed by atoms with Crippen LogP contribution in [0.5, 0.6) is 0 Å². The molecule has 1 aromatic carbocycles. The maximum atomic E-state index is 5.92. The van der Waals surface area contributed by atoms with Gasteiger partial charge in [0, 0.05) is 22.6 Å². The fourth-order valence-electron chi connectivity index (χ4n) is 1.16. The van der Waals surface area contributed by atoms with E-state index in [4.69, 9.17) is 11.6 Å². The molecule has 1 aromatic rings. The Bertz CT molecular complexity index is 357. The number of halogens is 2. The van der Waals surface area contributed by atoms with Crippen molar-refractivity contribution in [3.8, 4) is 0 Å². The first kappa shape index (κ1) is 12.8. The molecule has 0 aliphatic heterocycles. The lowest BCUT2D eigenvalue weighted by Gasteiger charge is -2.05. The second-order valence-corrected chi connectivity index (χ2v) is 4.94. The number of hydrogen-bond donors (Lipinski definition) is 1. The van der Waals surface area contributed by atoms with Crippen molar-refractivity contribution in [2.45, 2.75) is 20.4 Å². The van der Waals surface area contributed by atoms with Gasteiger partial charge in [-0.1, -0.05) is 39.2 Å². The van der Waals surface area contributed by atoms with Crippen LogP contribution in [0.2, 0.25) is 5.02 Å². The van der Waals surface area contributed by atoms with Gasteiger partial charge in [-0.15, -0.1) is 0 Å². The molecule has 0 aliphatic rings. The maximum Gasteiger partial charge on any atom is 0.0410 e. The van der Waals surface area contributed by atoms with Crippen LogP contribution in [0.1, 0.15) is 19.4 Å². The quantitative estimate of drug-likeness (QED) is 0.648. The Balaban J connectivity index is 2.50. The summed E-state index contributed by atoms with van der Waals surface area (Å²) < 4.78 is 1.09. The lowest BCUT2D eigenvalue weighted by atomic mass is 10.2. The van der Waals surface area contributed by atoms with Crippen LogP contribution in [-0.2, 0) is 6.54 Å². The molecule has 1 rings (SSSR count). The molecule has 0 bridgehead atoms. The Labute approximate surface area is 105 Å². The molecule has 0 spiro atoms. The average molecular weight is 289 g/mol. The lowest BCUT2D eigenvalue weighted by molar-refractivity contribution is 0.754. The normalized spacial score (nSPS) is 10.1. The number of hydrogen-bond acceptors (Lipinski definition) is 1. The number of nitrogens with one attached hydrogen (secondary N) is 1. The molecule has 0 amide bonds. The summed E-state index contributed by atoms with van der Waals surface area (Å²) in [6.07, 6.45) is 2.17. The zero-order chi connectivity index (χ0) is 11.3. The molecule has 82 valence electrons. The Morgan fingerprint density at radius 2 is 2.20 bits per heavy atom. The van der Waals surface area contributed by atoms with Gasteiger partial charge in [0.25, 0.3) is 0 Å². The van der Waals surface area contributed by atoms with Gasteiger partial charge in [-0.2, -0.15) is 0 Å². The van der Waals surface area contributed by atoms with E-state index in [-0.39, 0.29) is 0 Å². The van der Waals surface area contributed by atoms with Crippen molar-refractivity contribution >= 4 is 27.5 Å². The van der Waals surface area contributed by atoms with Gasteiger partial charge in [0.15, 0.2) is 0 Å². The molecular formula is C12H15BrClN. The van der Waals surface area contributed by atoms with E-state index in [0.717, 1.165) is 22.6 Å². The minimum Gasteiger partial charge on any atom is -0.309 e. The summed E-state index contributed by atoms with van der Waals surface area (Å²) in [5.74, 6) is 0. The maximum absolute atomic E-state index is 5.92. The minimum atomic E-state index is 0.775. The van der Waals surface area contributed by atoms with Gasteiger partial charge in [-0.3, -0.25) is 0 Å². The Hall–Kier alpha value is -0.310. The predicted molar refractivity (Wildman–Crippen MR) is 70.3 cm³/mol. The van der Waals surface area contributed by atoms with Crippen LogP contribution in [0.15, 0.2) is 34.3 Å². The van der Waals surface area contributed by atoms with E-state index in [9.17, 15) is 0 Å². The standard InChI is InChI=1S/C12H15BrClN/c1-9(2)5-6-15-8-10-7-11(14)3-4-12(10)13/h3-5,7,15H,6,8H2,1-2H3. The van der Waals surface area contributed by atoms with Gasteiger partial charge in [-0.25, -0.2) is 0 Å². The zero-order valence-corrected chi connectivity index (χ0v) is 11.3. The molecule has 0 aromatic heterocycles. The van der Waals surface area contributed by atoms with Gasteiger partial charge in [-0.05, 0) is 37.6 Å². The van der Waals surface area contributed by atoms with Gasteiger partial charge < -0.3 is 5.32 Å². The third-order valence-electron chi connectivity index (χ3n) is 1.98. The van der Waals surface area contributed by atoms with E-state index in [2.05, 4.69) is 41.2 Å². The third kappa shape index (κ3) is 4.83. The Morgan fingerprint density at radius 3 is 2.87 bits per heavy atom. The Morgan fingerprint density at radius 1 is 1.47 bits per heavy atom. The van der Waals surface area contributed by atoms with Gasteiger partial charge >= 0.3 is 0 Å². The second-order valence-electron chi connectivity index (χ2n) is 3.65. The summed E-state index contributed by atoms with van der Waals surface area (Å²) in [5, 5.41) is 4.11. The first-order valence-electron chi connectivity index (χ1n) is 4.87. The third-order valence-corrected chi connectivity index (χ3v) is 2.99. The number of rotatable bonds is 4. The monoisotopic (exact) mass is 287 g/mol. The van der Waals surface area contributed by atoms with Crippen molar-refractivity contribution in [1.82, 2.24) is 5.32 Å². The molecule has 0 aliphatic carbocycles. The van der Waals surface area contributed by atoms with Crippen LogP contribution < -0.4 is 5.32 Å². The Kier molecular flexibility index (Phi) is 5.37. The summed E-state index contributed by atoms with van der Waals surface area (Å²) in [4.78, 5) is 0. The molecule has 0 heterocycles. The van der Waals surface area contributed by atoms with Crippen molar-refractivity contribution in [2.24, 2.45) is 0 Å². The molecule has 0 atom stereocenters. The van der Waals surface area contributed by atoms with E-state index in [1.54, 1.807) is 0 Å². The van der Waals surface area contributed by atoms with E-state index in [1.807, 2.05) is 18.2 Å². The summed E-state index contributed by atoms with van der Waals surface area (Å²) in [6.45, 7) is 5.90. The highest BCUT2D eigenvalue weighted by Crippen LogP contribution is 2.20. The molecular weight excluding hydrogens is 273 g/mol. The fourth-order valence-corrected chi connectivity index (χ4v) is 1.74. The largest absolute Gasteiger partial charge is 0.309 e. The summed E-state index contributed by atoms with van der Waals surface area (Å²) in [7, 11) is 0. The van der Waals surface area contributed by atoms with Crippen molar-refractivity contribution in [1.29, 1.82) is 0 Å². The number of benzene rings is 1. The van der Waals surface area contributed by atoms with Crippen LogP contribution in [0.4, 0.5) is 0 Å². The summed E-state index contributed by atoms with van der Waals surface area (Å²) in [6, 6.07) is 5.83. The minimum absolute atomic E-state index is 0.775. The lowest BCUT2D eigenvalue weighted by Crippen LogP contribution is -2.13. The first-order valence-corrected chi connectivity index (χ1v) is 6.04. The molecule has 1 nitrogen and oxygen atoms in total. The van der Waals surface area contributed by atoms with Crippen LogP contribution in [0.25, 0.3) is 0 Å². The van der Waals surface area contributed by atoms with E-state index >= 15 is 0 Å².